The van der Waals surface area contributed by atoms with E-state index in [1.807, 2.05) is 0 Å². The first-order chi connectivity index (χ1) is 25.0. The third kappa shape index (κ3) is 6.20. The third-order valence-corrected chi connectivity index (χ3v) is 10.4. The normalized spacial score (nSPS) is 37.9. The first-order valence-corrected chi connectivity index (χ1v) is 16.7. The zero-order valence-electron chi connectivity index (χ0n) is 28.3. The third-order valence-electron chi connectivity index (χ3n) is 10.4. The molecular weight excluding hydrogens is 696 g/mol. The van der Waals surface area contributed by atoms with Crippen LogP contribution in [0.5, 0.6) is 28.7 Å². The largest absolute Gasteiger partial charge is 0.493 e. The van der Waals surface area contributed by atoms with Gasteiger partial charge < -0.3 is 83.1 Å². The van der Waals surface area contributed by atoms with Crippen LogP contribution in [0.15, 0.2) is 24.3 Å². The van der Waals surface area contributed by atoms with Gasteiger partial charge in [-0.15, -0.1) is 0 Å². The van der Waals surface area contributed by atoms with Crippen molar-refractivity contribution in [3.63, 3.8) is 0 Å². The molecule has 3 saturated heterocycles. The number of carbonyl (C=O) groups is 1. The lowest BCUT2D eigenvalue weighted by Gasteiger charge is -2.45. The minimum Gasteiger partial charge on any atom is -0.493 e. The van der Waals surface area contributed by atoms with Gasteiger partial charge in [-0.1, -0.05) is 0 Å². The molecule has 1 aliphatic carbocycles. The number of carbonyl (C=O) groups excluding carboxylic acids is 1. The van der Waals surface area contributed by atoms with E-state index in [1.54, 1.807) is 24.3 Å². The maximum absolute atomic E-state index is 13.6. The van der Waals surface area contributed by atoms with E-state index in [0.29, 0.717) is 45.4 Å². The monoisotopic (exact) mass is 738 g/mol. The minimum absolute atomic E-state index is 0.0435. The molecule has 0 spiro atoms. The van der Waals surface area contributed by atoms with Crippen molar-refractivity contribution in [3.05, 3.63) is 41.0 Å². The molecular formula is C34H42O18. The second kappa shape index (κ2) is 14.7. The van der Waals surface area contributed by atoms with Gasteiger partial charge in [-0.3, -0.25) is 4.79 Å². The van der Waals surface area contributed by atoms with Gasteiger partial charge in [0.2, 0.25) is 12.5 Å². The highest BCUT2D eigenvalue weighted by molar-refractivity contribution is 5.79. The van der Waals surface area contributed by atoms with Gasteiger partial charge in [-0.05, 0) is 41.0 Å². The Kier molecular flexibility index (Phi) is 10.4. The molecule has 0 amide bonds. The molecule has 2 aromatic rings. The number of cyclic esters (lactones) is 1. The SMILES string of the molecule is COc1cc([C@@H]2c3cc4c(cc3[C@H](O[C@H]3O[C@@H](CO[C@H]5O[C@@H](CO)[C@H](O)[C@@H](O)[C@@H]5O)[C@H](O)[C@@H](O)[C@@H]3O)[C@H]3COC(=O)[C@@H]23)OCO4)cc(OC)c1OC. The van der Waals surface area contributed by atoms with Crippen molar-refractivity contribution < 1.29 is 87.9 Å². The summed E-state index contributed by atoms with van der Waals surface area (Å²) in [7, 11) is 4.44. The van der Waals surface area contributed by atoms with Crippen LogP contribution in [0.3, 0.4) is 0 Å². The van der Waals surface area contributed by atoms with Crippen LogP contribution in [0.4, 0.5) is 0 Å². The van der Waals surface area contributed by atoms with Crippen LogP contribution >= 0.6 is 0 Å². The fraction of sp³-hybridized carbons (Fsp3) is 0.618. The summed E-state index contributed by atoms with van der Waals surface area (Å²) in [6, 6.07) is 6.95. The molecule has 5 aliphatic rings. The standard InChI is InChI=1S/C34H42O18/c1-43-18-4-12(5-19(44-2)31(18)45-3)22-13-6-16-17(49-11-48-16)7-14(13)30(15-9-46-32(42)23(15)22)52-34-29(41)27(39)25(37)21(51-34)10-47-33-28(40)26(38)24(36)20(8-35)50-33/h4-7,15,20-30,33-41H,8-11H2,1-3H3/t15-,20-,21-,22+,23+,24-,25-,26+,27+,28-,29-,30-,33-,34+/m0/s1. The Bertz CT molecular complexity index is 1590. The van der Waals surface area contributed by atoms with E-state index in [1.165, 1.54) is 21.3 Å². The molecule has 7 rings (SSSR count). The van der Waals surface area contributed by atoms with E-state index in [-0.39, 0.29) is 13.4 Å². The molecule has 286 valence electrons. The molecule has 0 aromatic heterocycles. The van der Waals surface area contributed by atoms with E-state index in [9.17, 15) is 40.5 Å². The number of fused-ring (bicyclic) bond motifs is 3. The number of esters is 1. The van der Waals surface area contributed by atoms with Crippen LogP contribution in [0.2, 0.25) is 0 Å². The number of rotatable bonds is 10. The number of aliphatic hydroxyl groups is 7. The van der Waals surface area contributed by atoms with Gasteiger partial charge in [0.1, 0.15) is 48.8 Å². The molecule has 4 aliphatic heterocycles. The number of methoxy groups -OCH3 is 3. The van der Waals surface area contributed by atoms with Crippen molar-refractivity contribution in [2.24, 2.45) is 11.8 Å². The van der Waals surface area contributed by atoms with E-state index in [4.69, 9.17) is 47.4 Å². The van der Waals surface area contributed by atoms with Gasteiger partial charge in [0.05, 0.1) is 53.2 Å². The highest BCUT2D eigenvalue weighted by Gasteiger charge is 2.55. The predicted octanol–water partition coefficient (Wildman–Crippen LogP) is -1.94. The average molecular weight is 739 g/mol. The highest BCUT2D eigenvalue weighted by Crippen LogP contribution is 2.57. The van der Waals surface area contributed by atoms with Crippen LogP contribution in [0, 0.1) is 11.8 Å². The van der Waals surface area contributed by atoms with Crippen LogP contribution in [-0.4, -0.2) is 151 Å². The molecule has 18 heteroatoms. The number of benzene rings is 2. The number of hydrogen-bond acceptors (Lipinski definition) is 18. The molecule has 7 N–H and O–H groups in total. The molecule has 14 atom stereocenters. The van der Waals surface area contributed by atoms with Gasteiger partial charge in [0.25, 0.3) is 0 Å². The number of ether oxygens (including phenoxy) is 10. The van der Waals surface area contributed by atoms with Crippen molar-refractivity contribution in [1.82, 2.24) is 0 Å². The summed E-state index contributed by atoms with van der Waals surface area (Å²) < 4.78 is 57.1. The maximum Gasteiger partial charge on any atom is 0.310 e. The van der Waals surface area contributed by atoms with Gasteiger partial charge in [-0.25, -0.2) is 0 Å². The van der Waals surface area contributed by atoms with Crippen molar-refractivity contribution in [2.75, 3.05) is 47.9 Å². The van der Waals surface area contributed by atoms with Crippen LogP contribution in [0.25, 0.3) is 0 Å². The molecule has 0 bridgehead atoms. The average Bonchev–Trinajstić information content (AvgIpc) is 3.78. The first kappa shape index (κ1) is 36.8. The smallest absolute Gasteiger partial charge is 0.310 e. The Labute approximate surface area is 296 Å². The molecule has 0 unspecified atom stereocenters. The molecule has 0 saturated carbocycles. The van der Waals surface area contributed by atoms with Crippen LogP contribution < -0.4 is 23.7 Å². The van der Waals surface area contributed by atoms with Gasteiger partial charge >= 0.3 is 5.97 Å². The Morgan fingerprint density at radius 2 is 1.31 bits per heavy atom. The molecule has 3 fully saturated rings. The fourth-order valence-electron chi connectivity index (χ4n) is 7.67. The second-order valence-electron chi connectivity index (χ2n) is 13.2. The lowest BCUT2D eigenvalue weighted by molar-refractivity contribution is -0.339. The molecule has 18 nitrogen and oxygen atoms in total. The van der Waals surface area contributed by atoms with E-state index >= 15 is 0 Å². The second-order valence-corrected chi connectivity index (χ2v) is 13.2. The van der Waals surface area contributed by atoms with Gasteiger partial charge in [0, 0.05) is 11.8 Å². The zero-order chi connectivity index (χ0) is 37.0. The Balaban J connectivity index is 1.21. The number of aliphatic hydroxyl groups excluding tert-OH is 7. The molecule has 4 heterocycles. The summed E-state index contributed by atoms with van der Waals surface area (Å²) in [5.74, 6) is -0.711. The minimum atomic E-state index is -1.80. The van der Waals surface area contributed by atoms with Crippen LogP contribution in [0.1, 0.15) is 28.7 Å². The quantitative estimate of drug-likeness (QED) is 0.131. The summed E-state index contributed by atoms with van der Waals surface area (Å²) in [6.45, 7) is -1.35. The van der Waals surface area contributed by atoms with Crippen molar-refractivity contribution in [1.29, 1.82) is 0 Å². The lowest BCUT2D eigenvalue weighted by Crippen LogP contribution is -2.62. The lowest BCUT2D eigenvalue weighted by atomic mass is 9.66. The first-order valence-electron chi connectivity index (χ1n) is 16.7. The Morgan fingerprint density at radius 3 is 1.92 bits per heavy atom. The topological polar surface area (TPSA) is 251 Å². The Hall–Kier alpha value is -3.53. The fourth-order valence-corrected chi connectivity index (χ4v) is 7.67. The summed E-state index contributed by atoms with van der Waals surface area (Å²) in [6.07, 6.45) is -17.1. The van der Waals surface area contributed by atoms with E-state index in [0.717, 1.165) is 0 Å². The Morgan fingerprint density at radius 1 is 0.712 bits per heavy atom. The molecule has 0 radical (unpaired) electrons. The highest BCUT2D eigenvalue weighted by atomic mass is 16.7. The van der Waals surface area contributed by atoms with Crippen molar-refractivity contribution >= 4 is 5.97 Å². The summed E-state index contributed by atoms with van der Waals surface area (Å²) in [4.78, 5) is 13.6. The van der Waals surface area contributed by atoms with Gasteiger partial charge in [0.15, 0.2) is 35.6 Å². The summed E-state index contributed by atoms with van der Waals surface area (Å²) in [5, 5.41) is 73.0. The summed E-state index contributed by atoms with van der Waals surface area (Å²) in [5.41, 5.74) is 1.80. The van der Waals surface area contributed by atoms with Crippen LogP contribution in [-0.2, 0) is 28.5 Å². The summed E-state index contributed by atoms with van der Waals surface area (Å²) >= 11 is 0. The zero-order valence-corrected chi connectivity index (χ0v) is 28.3. The van der Waals surface area contributed by atoms with Gasteiger partial charge in [-0.2, -0.15) is 0 Å². The van der Waals surface area contributed by atoms with E-state index in [2.05, 4.69) is 0 Å². The molecule has 2 aromatic carbocycles. The van der Waals surface area contributed by atoms with E-state index < -0.39 is 104 Å². The van der Waals surface area contributed by atoms with Crippen molar-refractivity contribution in [3.8, 4) is 28.7 Å². The maximum atomic E-state index is 13.6. The van der Waals surface area contributed by atoms with Crippen molar-refractivity contribution in [2.45, 2.75) is 73.4 Å². The number of hydrogen-bond donors (Lipinski definition) is 7. The molecule has 52 heavy (non-hydrogen) atoms. The predicted molar refractivity (Wildman–Crippen MR) is 169 cm³/mol.